The summed E-state index contributed by atoms with van der Waals surface area (Å²) in [7, 11) is 0. The zero-order valence-corrected chi connectivity index (χ0v) is 23.0. The van der Waals surface area contributed by atoms with Gasteiger partial charge in [-0.2, -0.15) is 4.79 Å². The van der Waals surface area contributed by atoms with E-state index in [4.69, 9.17) is 10.4 Å². The van der Waals surface area contributed by atoms with E-state index in [1.54, 1.807) is 30.3 Å². The van der Waals surface area contributed by atoms with Crippen molar-refractivity contribution in [1.82, 2.24) is 21.1 Å². The predicted molar refractivity (Wildman–Crippen MR) is 152 cm³/mol. The van der Waals surface area contributed by atoms with Gasteiger partial charge in [0.15, 0.2) is 5.60 Å². The van der Waals surface area contributed by atoms with E-state index >= 15 is 0 Å². The molecule has 1 aromatic heterocycles. The minimum absolute atomic E-state index is 0.0171. The lowest BCUT2D eigenvalue weighted by molar-refractivity contribution is -0.147. The van der Waals surface area contributed by atoms with Crippen LogP contribution in [0.25, 0.3) is 16.4 Å². The molecule has 0 fully saturated rings. The SMILES string of the molecule is CC(C)[C@H](NC(=O)c1ccc2ccccc2n1)C1=CC(Cc2ccccc2)(C(=O)N[C@@H](CC(=O)O)C(=O)C=[N+]=[N-])ON1. The number of carboxylic acids is 1. The van der Waals surface area contributed by atoms with Crippen LogP contribution in [-0.2, 0) is 25.6 Å². The van der Waals surface area contributed by atoms with Gasteiger partial charge in [-0.25, -0.2) is 4.98 Å². The molecule has 42 heavy (non-hydrogen) atoms. The molecule has 4 N–H and O–H groups in total. The summed E-state index contributed by atoms with van der Waals surface area (Å²) >= 11 is 0. The number of hydroxylamine groups is 1. The highest BCUT2D eigenvalue weighted by molar-refractivity contribution is 6.28. The first-order valence-corrected chi connectivity index (χ1v) is 13.2. The van der Waals surface area contributed by atoms with Crippen LogP contribution in [0.15, 0.2) is 78.5 Å². The fourth-order valence-electron chi connectivity index (χ4n) is 4.63. The maximum atomic E-state index is 13.7. The van der Waals surface area contributed by atoms with Gasteiger partial charge in [-0.15, -0.1) is 0 Å². The summed E-state index contributed by atoms with van der Waals surface area (Å²) in [5.41, 5.74) is 11.8. The molecule has 1 aliphatic rings. The molecule has 0 radical (unpaired) electrons. The van der Waals surface area contributed by atoms with Crippen molar-refractivity contribution in [2.24, 2.45) is 5.92 Å². The van der Waals surface area contributed by atoms with Crippen LogP contribution in [0.2, 0.25) is 0 Å². The van der Waals surface area contributed by atoms with Gasteiger partial charge < -0.3 is 21.3 Å². The van der Waals surface area contributed by atoms with E-state index in [9.17, 15) is 24.3 Å². The lowest BCUT2D eigenvalue weighted by Gasteiger charge is -2.26. The first kappa shape index (κ1) is 29.8. The number of carboxylic acid groups (broad SMARTS) is 1. The average Bonchev–Trinajstić information content (AvgIpc) is 3.40. The Balaban J connectivity index is 1.65. The van der Waals surface area contributed by atoms with Gasteiger partial charge in [0.25, 0.3) is 17.6 Å². The molecule has 2 heterocycles. The molecule has 216 valence electrons. The zero-order valence-electron chi connectivity index (χ0n) is 23.0. The van der Waals surface area contributed by atoms with E-state index in [1.165, 1.54) is 6.08 Å². The number of nitrogens with one attached hydrogen (secondary N) is 3. The lowest BCUT2D eigenvalue weighted by atomic mass is 9.90. The number of Topliss-reactive ketones (excluding diaryl/α,β-unsaturated/α-hetero) is 1. The molecule has 0 saturated carbocycles. The number of amides is 2. The van der Waals surface area contributed by atoms with Crippen molar-refractivity contribution < 1.29 is 33.9 Å². The van der Waals surface area contributed by atoms with Crippen molar-refractivity contribution in [2.45, 2.75) is 44.4 Å². The summed E-state index contributed by atoms with van der Waals surface area (Å²) in [6.45, 7) is 3.77. The third-order valence-electron chi connectivity index (χ3n) is 6.77. The van der Waals surface area contributed by atoms with Gasteiger partial charge >= 0.3 is 12.2 Å². The van der Waals surface area contributed by atoms with E-state index < -0.39 is 47.7 Å². The highest BCUT2D eigenvalue weighted by Crippen LogP contribution is 2.29. The Bertz CT molecular complexity index is 1580. The zero-order chi connectivity index (χ0) is 30.3. The standard InChI is InChI=1S/C30H30N6O6/c1-18(2)27(35-28(40)22-13-12-20-10-6-7-11-21(20)33-22)24-16-30(42-36-24,15-19-8-4-3-5-9-19)29(41)34-23(14-26(38)39)25(37)17-32-31/h3-13,16-18,23,27,36H,14-15H2,1-2H3,(H,34,41)(H,35,40)(H,38,39)/t23-,27-,30?/m0/s1. The summed E-state index contributed by atoms with van der Waals surface area (Å²) in [6.07, 6.45) is 1.32. The van der Waals surface area contributed by atoms with E-state index in [1.807, 2.05) is 50.2 Å². The van der Waals surface area contributed by atoms with Gasteiger partial charge in [-0.05, 0) is 29.7 Å². The number of nitrogens with zero attached hydrogens (tertiary/aromatic N) is 3. The topological polar surface area (TPSA) is 183 Å². The second-order valence-electron chi connectivity index (χ2n) is 10.2. The molecule has 0 saturated heterocycles. The Labute approximate surface area is 241 Å². The van der Waals surface area contributed by atoms with Gasteiger partial charge in [0.2, 0.25) is 0 Å². The fraction of sp³-hybridized carbons (Fsp3) is 0.267. The van der Waals surface area contributed by atoms with E-state index in [0.29, 0.717) is 17.4 Å². The maximum Gasteiger partial charge on any atom is 0.325 e. The van der Waals surface area contributed by atoms with E-state index in [-0.39, 0.29) is 18.0 Å². The van der Waals surface area contributed by atoms with Crippen LogP contribution in [0, 0.1) is 5.92 Å². The van der Waals surface area contributed by atoms with E-state index in [0.717, 1.165) is 10.9 Å². The molecule has 3 atom stereocenters. The molecular weight excluding hydrogens is 540 g/mol. The third-order valence-corrected chi connectivity index (χ3v) is 6.77. The molecule has 12 heteroatoms. The Hall–Kier alpha value is -5.19. The van der Waals surface area contributed by atoms with Crippen LogP contribution in [0.3, 0.4) is 0 Å². The molecule has 0 aliphatic carbocycles. The second kappa shape index (κ2) is 13.0. The lowest BCUT2D eigenvalue weighted by Crippen LogP contribution is -2.54. The molecule has 12 nitrogen and oxygen atoms in total. The number of pyridine rings is 1. The summed E-state index contributed by atoms with van der Waals surface area (Å²) in [6, 6.07) is 17.7. The molecule has 4 rings (SSSR count). The Morgan fingerprint density at radius 3 is 2.45 bits per heavy atom. The number of benzene rings is 2. The van der Waals surface area contributed by atoms with Crippen molar-refractivity contribution in [1.29, 1.82) is 0 Å². The molecule has 3 aromatic rings. The molecular formula is C30H30N6O6. The van der Waals surface area contributed by atoms with Crippen molar-refractivity contribution >= 4 is 40.7 Å². The molecule has 2 aromatic carbocycles. The minimum atomic E-state index is -1.72. The van der Waals surface area contributed by atoms with E-state index in [2.05, 4.69) is 25.9 Å². The van der Waals surface area contributed by atoms with Gasteiger partial charge in [-0.1, -0.05) is 68.4 Å². The summed E-state index contributed by atoms with van der Waals surface area (Å²) in [5, 5.41) is 15.6. The first-order valence-electron chi connectivity index (χ1n) is 13.2. The first-order chi connectivity index (χ1) is 20.1. The fourth-order valence-corrected chi connectivity index (χ4v) is 4.63. The van der Waals surface area contributed by atoms with Crippen LogP contribution in [0.1, 0.15) is 36.3 Å². The van der Waals surface area contributed by atoms with Gasteiger partial charge in [0, 0.05) is 11.8 Å². The molecule has 2 amide bonds. The van der Waals surface area contributed by atoms with Gasteiger partial charge in [-0.3, -0.25) is 29.5 Å². The number of aliphatic carboxylic acids is 1. The minimum Gasteiger partial charge on any atom is -0.481 e. The Kier molecular flexibility index (Phi) is 9.21. The van der Waals surface area contributed by atoms with Crippen LogP contribution in [-0.4, -0.2) is 62.3 Å². The number of carbonyl (C=O) groups excluding carboxylic acids is 3. The number of para-hydroxylation sites is 1. The number of carbonyl (C=O) groups is 4. The largest absolute Gasteiger partial charge is 0.481 e. The molecule has 0 spiro atoms. The second-order valence-corrected chi connectivity index (χ2v) is 10.2. The molecule has 1 unspecified atom stereocenters. The third kappa shape index (κ3) is 6.92. The monoisotopic (exact) mass is 570 g/mol. The summed E-state index contributed by atoms with van der Waals surface area (Å²) in [4.78, 5) is 63.7. The smallest absolute Gasteiger partial charge is 0.325 e. The van der Waals surface area contributed by atoms with Crippen LogP contribution in [0.4, 0.5) is 0 Å². The van der Waals surface area contributed by atoms with Gasteiger partial charge in [0.1, 0.15) is 11.7 Å². The highest BCUT2D eigenvalue weighted by atomic mass is 16.7. The summed E-state index contributed by atoms with van der Waals surface area (Å²) < 4.78 is 0. The van der Waals surface area contributed by atoms with Crippen LogP contribution < -0.4 is 16.1 Å². The Morgan fingerprint density at radius 2 is 1.76 bits per heavy atom. The van der Waals surface area contributed by atoms with Crippen molar-refractivity contribution in [2.75, 3.05) is 0 Å². The number of hydrogen-bond acceptors (Lipinski definition) is 7. The van der Waals surface area contributed by atoms with Gasteiger partial charge in [0.05, 0.1) is 23.7 Å². The van der Waals surface area contributed by atoms with Crippen molar-refractivity contribution in [3.05, 3.63) is 95.3 Å². The van der Waals surface area contributed by atoms with Crippen molar-refractivity contribution in [3.8, 4) is 0 Å². The number of fused-ring (bicyclic) bond motifs is 1. The molecule has 0 bridgehead atoms. The Morgan fingerprint density at radius 1 is 1.05 bits per heavy atom. The maximum absolute atomic E-state index is 13.7. The number of rotatable bonds is 12. The summed E-state index contributed by atoms with van der Waals surface area (Å²) in [5.74, 6) is -3.64. The predicted octanol–water partition coefficient (Wildman–Crippen LogP) is 2.22. The quantitative estimate of drug-likeness (QED) is 0.145. The van der Waals surface area contributed by atoms with Crippen LogP contribution in [0.5, 0.6) is 0 Å². The number of ketones is 1. The average molecular weight is 571 g/mol. The van der Waals surface area contributed by atoms with Crippen molar-refractivity contribution in [3.63, 3.8) is 0 Å². The number of aromatic nitrogens is 1. The van der Waals surface area contributed by atoms with Crippen LogP contribution >= 0.6 is 0 Å². The molecule has 1 aliphatic heterocycles. The number of hydrogen-bond donors (Lipinski definition) is 4. The normalized spacial score (nSPS) is 17.4. The highest BCUT2D eigenvalue weighted by Gasteiger charge is 2.46.